The number of unbranched alkanes of at least 4 members (excludes halogenated alkanes) is 1. The molecule has 2 N–H and O–H groups in total. The minimum atomic E-state index is -1.04. The van der Waals surface area contributed by atoms with Crippen LogP contribution in [0.3, 0.4) is 0 Å². The van der Waals surface area contributed by atoms with E-state index in [9.17, 15) is 10.2 Å². The monoisotopic (exact) mass is 418 g/mol. The van der Waals surface area contributed by atoms with E-state index in [1.807, 2.05) is 49.4 Å². The van der Waals surface area contributed by atoms with Gasteiger partial charge in [0, 0.05) is 22.0 Å². The molecule has 158 valence electrons. The molecule has 5 nitrogen and oxygen atoms in total. The van der Waals surface area contributed by atoms with Gasteiger partial charge in [-0.25, -0.2) is 0 Å². The number of fused-ring (bicyclic) bond motifs is 2. The minimum absolute atomic E-state index is 0.0179. The third-order valence-electron chi connectivity index (χ3n) is 4.85. The van der Waals surface area contributed by atoms with Gasteiger partial charge in [0.25, 0.3) is 0 Å². The second-order valence-corrected chi connectivity index (χ2v) is 8.19. The van der Waals surface area contributed by atoms with E-state index in [0.717, 1.165) is 40.2 Å². The number of benzene rings is 2. The van der Waals surface area contributed by atoms with Gasteiger partial charge >= 0.3 is 0 Å². The summed E-state index contributed by atoms with van der Waals surface area (Å²) < 4.78 is 16.9. The van der Waals surface area contributed by atoms with Crippen molar-refractivity contribution in [2.24, 2.45) is 0 Å². The summed E-state index contributed by atoms with van der Waals surface area (Å²) in [4.78, 5) is 2.08. The van der Waals surface area contributed by atoms with Crippen LogP contribution in [0, 0.1) is 0 Å². The first-order chi connectivity index (χ1) is 14.1. The highest BCUT2D eigenvalue weighted by Crippen LogP contribution is 2.45. The molecule has 2 aromatic rings. The fourth-order valence-electron chi connectivity index (χ4n) is 3.15. The second-order valence-electron chi connectivity index (χ2n) is 7.10. The second kappa shape index (κ2) is 11.0. The predicted molar refractivity (Wildman–Crippen MR) is 113 cm³/mol. The Morgan fingerprint density at radius 3 is 2.62 bits per heavy atom. The first-order valence-corrected chi connectivity index (χ1v) is 11.1. The van der Waals surface area contributed by atoms with Crippen LogP contribution in [0.1, 0.15) is 50.3 Å². The van der Waals surface area contributed by atoms with E-state index in [2.05, 4.69) is 6.92 Å². The van der Waals surface area contributed by atoms with Gasteiger partial charge in [0.05, 0.1) is 12.7 Å². The standard InChI is InChI=1S/C23H30O5S/c1-3-5-12-26-14-16(4-2)28-22(24)15-27-17-10-11-21-19(13-17)23(25)18-8-6-7-9-20(18)29-21/h6-11,13,16,22-25H,3-5,12,14-15H2,1-2H3. The molecule has 0 saturated carbocycles. The van der Waals surface area contributed by atoms with Crippen molar-refractivity contribution in [3.8, 4) is 5.75 Å². The molecule has 1 aliphatic rings. The van der Waals surface area contributed by atoms with Crippen LogP contribution in [0.4, 0.5) is 0 Å². The van der Waals surface area contributed by atoms with Crippen LogP contribution in [-0.2, 0) is 9.47 Å². The Morgan fingerprint density at radius 1 is 1.03 bits per heavy atom. The normalized spacial score (nSPS) is 17.3. The van der Waals surface area contributed by atoms with Crippen LogP contribution in [0.25, 0.3) is 0 Å². The van der Waals surface area contributed by atoms with E-state index in [1.165, 1.54) is 0 Å². The first-order valence-electron chi connectivity index (χ1n) is 10.2. The molecule has 0 aliphatic carbocycles. The highest BCUT2D eigenvalue weighted by molar-refractivity contribution is 7.99. The lowest BCUT2D eigenvalue weighted by atomic mass is 10.0. The zero-order valence-corrected chi connectivity index (χ0v) is 17.9. The van der Waals surface area contributed by atoms with Gasteiger partial charge in [-0.3, -0.25) is 0 Å². The van der Waals surface area contributed by atoms with E-state index < -0.39 is 12.4 Å². The summed E-state index contributed by atoms with van der Waals surface area (Å²) in [5, 5.41) is 20.9. The van der Waals surface area contributed by atoms with E-state index in [-0.39, 0.29) is 12.7 Å². The summed E-state index contributed by atoms with van der Waals surface area (Å²) in [6.07, 6.45) is 0.986. The lowest BCUT2D eigenvalue weighted by molar-refractivity contribution is -0.166. The Morgan fingerprint density at radius 2 is 1.83 bits per heavy atom. The van der Waals surface area contributed by atoms with E-state index in [1.54, 1.807) is 11.8 Å². The summed E-state index contributed by atoms with van der Waals surface area (Å²) in [6.45, 7) is 5.32. The molecule has 29 heavy (non-hydrogen) atoms. The third-order valence-corrected chi connectivity index (χ3v) is 6.04. The molecule has 0 bridgehead atoms. The Labute approximate surface area is 177 Å². The molecule has 0 saturated heterocycles. The van der Waals surface area contributed by atoms with Gasteiger partial charge < -0.3 is 24.4 Å². The van der Waals surface area contributed by atoms with Crippen molar-refractivity contribution < 1.29 is 24.4 Å². The zero-order valence-electron chi connectivity index (χ0n) is 17.0. The molecule has 0 fully saturated rings. The van der Waals surface area contributed by atoms with Crippen molar-refractivity contribution in [2.45, 2.75) is 61.4 Å². The molecule has 0 spiro atoms. The number of ether oxygens (including phenoxy) is 3. The number of aliphatic hydroxyl groups is 2. The molecule has 3 rings (SSSR count). The molecule has 0 amide bonds. The molecular weight excluding hydrogens is 388 g/mol. The SMILES string of the molecule is CCCCOCC(CC)OC(O)COc1ccc2c(c1)C(O)c1ccccc1S2. The van der Waals surface area contributed by atoms with Gasteiger partial charge in [0.15, 0.2) is 6.29 Å². The predicted octanol–water partition coefficient (Wildman–Crippen LogP) is 4.54. The molecule has 0 aromatic heterocycles. The smallest absolute Gasteiger partial charge is 0.189 e. The lowest BCUT2D eigenvalue weighted by Gasteiger charge is -2.25. The molecule has 0 radical (unpaired) electrons. The lowest BCUT2D eigenvalue weighted by Crippen LogP contribution is -2.30. The molecule has 1 aliphatic heterocycles. The van der Waals surface area contributed by atoms with Crippen molar-refractivity contribution in [1.82, 2.24) is 0 Å². The number of hydrogen-bond donors (Lipinski definition) is 2. The van der Waals surface area contributed by atoms with Crippen LogP contribution in [-0.4, -0.2) is 42.4 Å². The fourth-order valence-corrected chi connectivity index (χ4v) is 4.26. The Bertz CT molecular complexity index is 782. The van der Waals surface area contributed by atoms with Gasteiger partial charge in [-0.1, -0.05) is 50.2 Å². The van der Waals surface area contributed by atoms with Crippen LogP contribution in [0.5, 0.6) is 5.75 Å². The van der Waals surface area contributed by atoms with Gasteiger partial charge in [0.1, 0.15) is 18.5 Å². The number of hydrogen-bond acceptors (Lipinski definition) is 6. The van der Waals surface area contributed by atoms with Crippen molar-refractivity contribution >= 4 is 11.8 Å². The number of aliphatic hydroxyl groups excluding tert-OH is 2. The molecule has 2 aromatic carbocycles. The summed E-state index contributed by atoms with van der Waals surface area (Å²) in [5.74, 6) is 0.595. The summed E-state index contributed by atoms with van der Waals surface area (Å²) in [6, 6.07) is 13.5. The largest absolute Gasteiger partial charge is 0.488 e. The topological polar surface area (TPSA) is 68.2 Å². The molecule has 3 unspecified atom stereocenters. The zero-order chi connectivity index (χ0) is 20.6. The fraction of sp³-hybridized carbons (Fsp3) is 0.478. The average molecular weight is 419 g/mol. The molecule has 1 heterocycles. The van der Waals surface area contributed by atoms with Crippen LogP contribution in [0.2, 0.25) is 0 Å². The van der Waals surface area contributed by atoms with Crippen molar-refractivity contribution in [1.29, 1.82) is 0 Å². The molecule has 3 atom stereocenters. The maximum absolute atomic E-state index is 10.7. The Hall–Kier alpha value is -1.57. The van der Waals surface area contributed by atoms with Crippen molar-refractivity contribution in [3.05, 3.63) is 53.6 Å². The third kappa shape index (κ3) is 5.96. The molecule has 6 heteroatoms. The highest BCUT2D eigenvalue weighted by Gasteiger charge is 2.24. The minimum Gasteiger partial charge on any atom is -0.488 e. The Balaban J connectivity index is 1.53. The van der Waals surface area contributed by atoms with E-state index in [4.69, 9.17) is 14.2 Å². The Kier molecular flexibility index (Phi) is 8.39. The van der Waals surface area contributed by atoms with Crippen LogP contribution in [0.15, 0.2) is 52.3 Å². The maximum Gasteiger partial charge on any atom is 0.189 e. The molecular formula is C23H30O5S. The number of rotatable bonds is 11. The van der Waals surface area contributed by atoms with Crippen LogP contribution >= 0.6 is 11.8 Å². The van der Waals surface area contributed by atoms with Gasteiger partial charge in [-0.15, -0.1) is 0 Å². The summed E-state index contributed by atoms with van der Waals surface area (Å²) in [5.41, 5.74) is 1.72. The van der Waals surface area contributed by atoms with Gasteiger partial charge in [-0.05, 0) is 42.7 Å². The summed E-state index contributed by atoms with van der Waals surface area (Å²) >= 11 is 1.64. The van der Waals surface area contributed by atoms with Gasteiger partial charge in [0.2, 0.25) is 0 Å². The quantitative estimate of drug-likeness (QED) is 0.412. The van der Waals surface area contributed by atoms with E-state index in [0.29, 0.717) is 19.0 Å². The highest BCUT2D eigenvalue weighted by atomic mass is 32.2. The maximum atomic E-state index is 10.7. The average Bonchev–Trinajstić information content (AvgIpc) is 2.75. The van der Waals surface area contributed by atoms with Crippen LogP contribution < -0.4 is 4.74 Å². The van der Waals surface area contributed by atoms with Gasteiger partial charge in [-0.2, -0.15) is 0 Å². The first kappa shape index (κ1) is 22.1. The van der Waals surface area contributed by atoms with E-state index >= 15 is 0 Å². The van der Waals surface area contributed by atoms with Crippen molar-refractivity contribution in [3.63, 3.8) is 0 Å². The summed E-state index contributed by atoms with van der Waals surface area (Å²) in [7, 11) is 0. The van der Waals surface area contributed by atoms with Crippen molar-refractivity contribution in [2.75, 3.05) is 19.8 Å².